The molecule has 0 atom stereocenters. The molecule has 1 aliphatic rings. The highest BCUT2D eigenvalue weighted by molar-refractivity contribution is 7.80. The van der Waals surface area contributed by atoms with Gasteiger partial charge < -0.3 is 15.5 Å². The maximum Gasteiger partial charge on any atom is 0.170 e. The van der Waals surface area contributed by atoms with Gasteiger partial charge in [-0.05, 0) is 67.2 Å². The number of thiocarbonyl (C=S) groups is 1. The Balaban J connectivity index is 1.40. The minimum atomic E-state index is 0.697. The Morgan fingerprint density at radius 1 is 1.12 bits per heavy atom. The molecule has 3 rings (SSSR count). The predicted octanol–water partition coefficient (Wildman–Crippen LogP) is 4.38. The minimum Gasteiger partial charge on any atom is -0.371 e. The summed E-state index contributed by atoms with van der Waals surface area (Å²) in [6.07, 6.45) is 4.58. The molecule has 0 radical (unpaired) electrons. The van der Waals surface area contributed by atoms with Gasteiger partial charge in [0.15, 0.2) is 5.11 Å². The van der Waals surface area contributed by atoms with Crippen LogP contribution < -0.4 is 15.5 Å². The van der Waals surface area contributed by atoms with Crippen molar-refractivity contribution in [3.63, 3.8) is 0 Å². The molecule has 2 aromatic carbocycles. The summed E-state index contributed by atoms with van der Waals surface area (Å²) in [6, 6.07) is 17.2. The molecule has 0 aliphatic carbocycles. The number of aryl methyl sites for hydroxylation is 2. The maximum atomic E-state index is 5.39. The summed E-state index contributed by atoms with van der Waals surface area (Å²) < 4.78 is 0. The number of hydrogen-bond acceptors (Lipinski definition) is 2. The zero-order valence-corrected chi connectivity index (χ0v) is 15.7. The Kier molecular flexibility index (Phi) is 6.29. The lowest BCUT2D eigenvalue weighted by molar-refractivity contribution is 0.658. The van der Waals surface area contributed by atoms with Gasteiger partial charge in [0, 0.05) is 31.0 Å². The summed E-state index contributed by atoms with van der Waals surface area (Å²) in [7, 11) is 0. The van der Waals surface area contributed by atoms with Gasteiger partial charge in [-0.15, -0.1) is 0 Å². The average Bonchev–Trinajstić information content (AvgIpc) is 2.66. The van der Waals surface area contributed by atoms with Gasteiger partial charge in [-0.3, -0.25) is 0 Å². The van der Waals surface area contributed by atoms with E-state index in [1.807, 2.05) is 0 Å². The van der Waals surface area contributed by atoms with Crippen molar-refractivity contribution in [3.05, 3.63) is 59.7 Å². The largest absolute Gasteiger partial charge is 0.371 e. The molecule has 2 N–H and O–H groups in total. The molecule has 0 amide bonds. The van der Waals surface area contributed by atoms with Gasteiger partial charge in [0.1, 0.15) is 0 Å². The first-order valence-electron chi connectivity index (χ1n) is 9.23. The van der Waals surface area contributed by atoms with Crippen LogP contribution in [0.3, 0.4) is 0 Å². The molecule has 2 aromatic rings. The normalized spacial score (nSPS) is 13.2. The fourth-order valence-electron chi connectivity index (χ4n) is 3.31. The molecule has 0 spiro atoms. The minimum absolute atomic E-state index is 0.697. The summed E-state index contributed by atoms with van der Waals surface area (Å²) in [6.45, 7) is 5.27. The molecule has 4 heteroatoms. The number of hydrogen-bond donors (Lipinski definition) is 2. The molecule has 1 heterocycles. The summed E-state index contributed by atoms with van der Waals surface area (Å²) in [5, 5.41) is 7.27. The van der Waals surface area contributed by atoms with Gasteiger partial charge in [0.2, 0.25) is 0 Å². The third-order valence-corrected chi connectivity index (χ3v) is 4.96. The van der Waals surface area contributed by atoms with Crippen LogP contribution in [0.15, 0.2) is 48.5 Å². The van der Waals surface area contributed by atoms with E-state index in [1.54, 1.807) is 0 Å². The predicted molar refractivity (Wildman–Crippen MR) is 112 cm³/mol. The van der Waals surface area contributed by atoms with Crippen LogP contribution in [0.1, 0.15) is 30.9 Å². The van der Waals surface area contributed by atoms with E-state index in [0.29, 0.717) is 5.11 Å². The summed E-state index contributed by atoms with van der Waals surface area (Å²) >= 11 is 5.39. The zero-order valence-electron chi connectivity index (χ0n) is 14.9. The molecular weight excluding hydrogens is 326 g/mol. The lowest BCUT2D eigenvalue weighted by atomic mass is 10.0. The molecule has 0 unspecified atom stereocenters. The Bertz CT molecular complexity index is 697. The van der Waals surface area contributed by atoms with Crippen molar-refractivity contribution >= 4 is 28.7 Å². The fraction of sp³-hybridized carbons (Fsp3) is 0.381. The van der Waals surface area contributed by atoms with Crippen molar-refractivity contribution in [1.29, 1.82) is 0 Å². The Hall–Kier alpha value is -2.07. The summed E-state index contributed by atoms with van der Waals surface area (Å²) in [5.74, 6) is 0. The number of fused-ring (bicyclic) bond motifs is 1. The molecular formula is C21H27N3S. The van der Waals surface area contributed by atoms with Crippen LogP contribution >= 0.6 is 12.2 Å². The number of nitrogens with one attached hydrogen (secondary N) is 2. The van der Waals surface area contributed by atoms with Gasteiger partial charge >= 0.3 is 0 Å². The quantitative estimate of drug-likeness (QED) is 0.595. The molecule has 0 aromatic heterocycles. The molecule has 132 valence electrons. The molecule has 3 nitrogen and oxygen atoms in total. The lowest BCUT2D eigenvalue weighted by Gasteiger charge is -2.31. The topological polar surface area (TPSA) is 27.3 Å². The Morgan fingerprint density at radius 3 is 2.72 bits per heavy atom. The molecule has 0 saturated carbocycles. The fourth-order valence-corrected chi connectivity index (χ4v) is 3.53. The zero-order chi connectivity index (χ0) is 17.5. The lowest BCUT2D eigenvalue weighted by Crippen LogP contribution is -2.34. The number of rotatable bonds is 6. The number of anilines is 2. The Morgan fingerprint density at radius 2 is 1.92 bits per heavy atom. The van der Waals surface area contributed by atoms with Crippen molar-refractivity contribution in [1.82, 2.24) is 5.32 Å². The third kappa shape index (κ3) is 4.95. The first-order chi connectivity index (χ1) is 12.3. The highest BCUT2D eigenvalue weighted by atomic mass is 32.1. The molecule has 0 saturated heterocycles. The second kappa shape index (κ2) is 8.86. The van der Waals surface area contributed by atoms with Gasteiger partial charge in [-0.1, -0.05) is 37.3 Å². The van der Waals surface area contributed by atoms with E-state index < -0.39 is 0 Å². The van der Waals surface area contributed by atoms with E-state index in [9.17, 15) is 0 Å². The van der Waals surface area contributed by atoms with Gasteiger partial charge in [0.25, 0.3) is 0 Å². The second-order valence-corrected chi connectivity index (χ2v) is 6.91. The molecule has 25 heavy (non-hydrogen) atoms. The SMILES string of the molecule is CCc1ccc(NC(=S)NCCCN2CCCc3ccccc32)cc1. The van der Waals surface area contributed by atoms with Crippen molar-refractivity contribution in [2.75, 3.05) is 29.9 Å². The van der Waals surface area contributed by atoms with Gasteiger partial charge in [0.05, 0.1) is 0 Å². The van der Waals surface area contributed by atoms with Crippen molar-refractivity contribution in [3.8, 4) is 0 Å². The van der Waals surface area contributed by atoms with E-state index in [-0.39, 0.29) is 0 Å². The summed E-state index contributed by atoms with van der Waals surface area (Å²) in [4.78, 5) is 2.50. The van der Waals surface area contributed by atoms with Crippen LogP contribution in [-0.4, -0.2) is 24.7 Å². The molecule has 0 bridgehead atoms. The van der Waals surface area contributed by atoms with E-state index in [4.69, 9.17) is 12.2 Å². The van der Waals surface area contributed by atoms with Crippen molar-refractivity contribution in [2.45, 2.75) is 32.6 Å². The average molecular weight is 354 g/mol. The first-order valence-corrected chi connectivity index (χ1v) is 9.63. The molecule has 1 aliphatic heterocycles. The van der Waals surface area contributed by atoms with E-state index in [0.717, 1.165) is 38.2 Å². The second-order valence-electron chi connectivity index (χ2n) is 6.50. The van der Waals surface area contributed by atoms with Gasteiger partial charge in [-0.2, -0.15) is 0 Å². The highest BCUT2D eigenvalue weighted by Crippen LogP contribution is 2.26. The summed E-state index contributed by atoms with van der Waals surface area (Å²) in [5.41, 5.74) is 5.27. The Labute approximate surface area is 156 Å². The maximum absolute atomic E-state index is 5.39. The number of nitrogens with zero attached hydrogens (tertiary/aromatic N) is 1. The van der Waals surface area contributed by atoms with Crippen molar-refractivity contribution in [2.24, 2.45) is 0 Å². The highest BCUT2D eigenvalue weighted by Gasteiger charge is 2.15. The monoisotopic (exact) mass is 353 g/mol. The van der Waals surface area contributed by atoms with E-state index >= 15 is 0 Å². The van der Waals surface area contributed by atoms with Crippen LogP contribution in [0.25, 0.3) is 0 Å². The standard InChI is InChI=1S/C21H27N3S/c1-2-17-10-12-19(13-11-17)23-21(25)22-14-6-16-24-15-5-8-18-7-3-4-9-20(18)24/h3-4,7,9-13H,2,5-6,8,14-16H2,1H3,(H2,22,23,25). The van der Waals surface area contributed by atoms with E-state index in [2.05, 4.69) is 71.0 Å². The number of benzene rings is 2. The van der Waals surface area contributed by atoms with Crippen molar-refractivity contribution < 1.29 is 0 Å². The first kappa shape index (κ1) is 17.7. The van der Waals surface area contributed by atoms with Crippen LogP contribution in [0.4, 0.5) is 11.4 Å². The van der Waals surface area contributed by atoms with Crippen LogP contribution in [0.5, 0.6) is 0 Å². The van der Waals surface area contributed by atoms with Crippen LogP contribution in [0.2, 0.25) is 0 Å². The smallest absolute Gasteiger partial charge is 0.170 e. The molecule has 0 fully saturated rings. The van der Waals surface area contributed by atoms with Crippen LogP contribution in [0, 0.1) is 0 Å². The number of para-hydroxylation sites is 1. The van der Waals surface area contributed by atoms with Crippen LogP contribution in [-0.2, 0) is 12.8 Å². The van der Waals surface area contributed by atoms with Gasteiger partial charge in [-0.25, -0.2) is 0 Å². The van der Waals surface area contributed by atoms with E-state index in [1.165, 1.54) is 29.7 Å². The third-order valence-electron chi connectivity index (χ3n) is 4.72.